The third-order valence-electron chi connectivity index (χ3n) is 2.40. The summed E-state index contributed by atoms with van der Waals surface area (Å²) in [7, 11) is 0. The largest absolute Gasteiger partial charge is 0.269 e. The van der Waals surface area contributed by atoms with Crippen LogP contribution in [0.3, 0.4) is 0 Å². The van der Waals surface area contributed by atoms with E-state index in [0.29, 0.717) is 0 Å². The van der Waals surface area contributed by atoms with Gasteiger partial charge in [0.05, 0.1) is 16.3 Å². The van der Waals surface area contributed by atoms with E-state index in [2.05, 4.69) is 17.4 Å². The molecule has 0 radical (unpaired) electrons. The van der Waals surface area contributed by atoms with Gasteiger partial charge in [0, 0.05) is 30.8 Å². The maximum Gasteiger partial charge on any atom is 0.269 e. The highest BCUT2D eigenvalue weighted by molar-refractivity contribution is 5.97. The maximum absolute atomic E-state index is 10.6. The van der Waals surface area contributed by atoms with Crippen LogP contribution in [0, 0.1) is 10.1 Å². The van der Waals surface area contributed by atoms with Crippen molar-refractivity contribution in [1.29, 1.82) is 0 Å². The molecule has 0 N–H and O–H groups in total. The minimum absolute atomic E-state index is 0.0647. The molecule has 1 aromatic rings. The van der Waals surface area contributed by atoms with Gasteiger partial charge in [-0.1, -0.05) is 12.7 Å². The summed E-state index contributed by atoms with van der Waals surface area (Å²) in [5, 5.41) is 16.6. The molecule has 0 aliphatic carbocycles. The fourth-order valence-corrected chi connectivity index (χ4v) is 1.56. The van der Waals surface area contributed by atoms with Crippen molar-refractivity contribution in [2.24, 2.45) is 5.10 Å². The normalized spacial score (nSPS) is 13.8. The summed E-state index contributed by atoms with van der Waals surface area (Å²) in [5.41, 5.74) is 4.35. The quantitative estimate of drug-likeness (QED) is 0.464. The van der Waals surface area contributed by atoms with Crippen LogP contribution in [0.1, 0.15) is 6.42 Å². The SMILES string of the molecule is C=C=CC1=NN(c2ccc([N+](=O)[O-])cc2)C=CC1. The number of nitrogens with zero attached hydrogens (tertiary/aromatic N) is 3. The summed E-state index contributed by atoms with van der Waals surface area (Å²) in [4.78, 5) is 10.1. The molecule has 0 spiro atoms. The molecule has 1 aliphatic heterocycles. The van der Waals surface area contributed by atoms with E-state index >= 15 is 0 Å². The number of rotatable bonds is 3. The van der Waals surface area contributed by atoms with Crippen molar-refractivity contribution >= 4 is 17.1 Å². The first-order valence-corrected chi connectivity index (χ1v) is 5.34. The van der Waals surface area contributed by atoms with E-state index in [9.17, 15) is 10.1 Å². The van der Waals surface area contributed by atoms with Gasteiger partial charge in [-0.15, -0.1) is 5.73 Å². The number of benzene rings is 1. The smallest absolute Gasteiger partial charge is 0.258 e. The second-order valence-electron chi connectivity index (χ2n) is 3.65. The zero-order valence-corrected chi connectivity index (χ0v) is 9.61. The van der Waals surface area contributed by atoms with E-state index in [-0.39, 0.29) is 5.69 Å². The Labute approximate surface area is 104 Å². The van der Waals surface area contributed by atoms with E-state index in [4.69, 9.17) is 0 Å². The van der Waals surface area contributed by atoms with Crippen LogP contribution in [0.2, 0.25) is 0 Å². The highest BCUT2D eigenvalue weighted by atomic mass is 16.6. The number of hydrogen-bond donors (Lipinski definition) is 0. The zero-order valence-electron chi connectivity index (χ0n) is 9.61. The molecule has 0 fully saturated rings. The van der Waals surface area contributed by atoms with E-state index in [1.165, 1.54) is 12.1 Å². The van der Waals surface area contributed by atoms with Gasteiger partial charge in [-0.3, -0.25) is 10.1 Å². The molecule has 0 bridgehead atoms. The average molecular weight is 241 g/mol. The van der Waals surface area contributed by atoms with Crippen molar-refractivity contribution < 1.29 is 4.92 Å². The number of allylic oxidation sites excluding steroid dienone is 2. The van der Waals surface area contributed by atoms with Crippen molar-refractivity contribution in [2.75, 3.05) is 5.01 Å². The van der Waals surface area contributed by atoms with Crippen LogP contribution in [0.5, 0.6) is 0 Å². The highest BCUT2D eigenvalue weighted by Gasteiger charge is 2.09. The van der Waals surface area contributed by atoms with E-state index < -0.39 is 4.92 Å². The molecule has 18 heavy (non-hydrogen) atoms. The van der Waals surface area contributed by atoms with Gasteiger partial charge in [-0.25, -0.2) is 5.01 Å². The molecule has 1 aromatic carbocycles. The Hall–Kier alpha value is -2.65. The summed E-state index contributed by atoms with van der Waals surface area (Å²) in [6.45, 7) is 3.50. The lowest BCUT2D eigenvalue weighted by atomic mass is 10.2. The second-order valence-corrected chi connectivity index (χ2v) is 3.65. The Morgan fingerprint density at radius 2 is 2.17 bits per heavy atom. The summed E-state index contributed by atoms with van der Waals surface area (Å²) < 4.78 is 0. The second kappa shape index (κ2) is 5.12. The first-order chi connectivity index (χ1) is 8.70. The van der Waals surface area contributed by atoms with Crippen molar-refractivity contribution in [1.82, 2.24) is 0 Å². The zero-order chi connectivity index (χ0) is 13.0. The molecule has 5 heteroatoms. The lowest BCUT2D eigenvalue weighted by Gasteiger charge is -2.18. The number of anilines is 1. The predicted molar refractivity (Wildman–Crippen MR) is 70.5 cm³/mol. The molecule has 90 valence electrons. The molecular formula is C13H11N3O2. The summed E-state index contributed by atoms with van der Waals surface area (Å²) in [6.07, 6.45) is 6.22. The standard InChI is InChI=1S/C13H11N3O2/c1-2-4-11-5-3-10-15(14-11)12-6-8-13(9-7-12)16(17)18/h3-4,6-10H,1,5H2. The Balaban J connectivity index is 2.26. The van der Waals surface area contributed by atoms with Gasteiger partial charge in [-0.2, -0.15) is 5.10 Å². The first-order valence-electron chi connectivity index (χ1n) is 5.34. The lowest BCUT2D eigenvalue weighted by Crippen LogP contribution is -2.14. The van der Waals surface area contributed by atoms with Gasteiger partial charge in [0.15, 0.2) is 0 Å². The van der Waals surface area contributed by atoms with Gasteiger partial charge in [0.25, 0.3) is 5.69 Å². The van der Waals surface area contributed by atoms with Crippen LogP contribution in [0.15, 0.2) is 60.0 Å². The highest BCUT2D eigenvalue weighted by Crippen LogP contribution is 2.21. The van der Waals surface area contributed by atoms with Crippen LogP contribution in [-0.2, 0) is 0 Å². The first kappa shape index (κ1) is 11.8. The Kier molecular flexibility index (Phi) is 3.36. The van der Waals surface area contributed by atoms with Crippen LogP contribution in [-0.4, -0.2) is 10.6 Å². The van der Waals surface area contributed by atoms with Crippen LogP contribution >= 0.6 is 0 Å². The molecule has 5 nitrogen and oxygen atoms in total. The summed E-state index contributed by atoms with van der Waals surface area (Å²) in [5.74, 6) is 0. The van der Waals surface area contributed by atoms with Crippen molar-refractivity contribution in [3.05, 3.63) is 65.0 Å². The van der Waals surface area contributed by atoms with E-state index in [1.807, 2.05) is 12.3 Å². The monoisotopic (exact) mass is 241 g/mol. The third-order valence-corrected chi connectivity index (χ3v) is 2.40. The number of nitro benzene ring substituents is 1. The third kappa shape index (κ3) is 2.53. The molecule has 0 saturated carbocycles. The van der Waals surface area contributed by atoms with E-state index in [1.54, 1.807) is 23.2 Å². The van der Waals surface area contributed by atoms with Gasteiger partial charge < -0.3 is 0 Å². The lowest BCUT2D eigenvalue weighted by molar-refractivity contribution is -0.384. The van der Waals surface area contributed by atoms with E-state index in [0.717, 1.165) is 17.8 Å². The Morgan fingerprint density at radius 1 is 1.44 bits per heavy atom. The fourth-order valence-electron chi connectivity index (χ4n) is 1.56. The topological polar surface area (TPSA) is 58.7 Å². The van der Waals surface area contributed by atoms with Crippen LogP contribution in [0.25, 0.3) is 0 Å². The molecule has 0 amide bonds. The Bertz CT molecular complexity index is 566. The molecule has 0 saturated heterocycles. The molecule has 1 aliphatic rings. The molecule has 0 aromatic heterocycles. The number of non-ortho nitro benzene ring substituents is 1. The summed E-state index contributed by atoms with van der Waals surface area (Å²) >= 11 is 0. The number of hydrogen-bond acceptors (Lipinski definition) is 4. The van der Waals surface area contributed by atoms with Gasteiger partial charge in [0.1, 0.15) is 0 Å². The molecule has 0 atom stereocenters. The van der Waals surface area contributed by atoms with Crippen molar-refractivity contribution in [2.45, 2.75) is 6.42 Å². The van der Waals surface area contributed by atoms with Gasteiger partial charge in [0.2, 0.25) is 0 Å². The maximum atomic E-state index is 10.6. The van der Waals surface area contributed by atoms with Crippen molar-refractivity contribution in [3.8, 4) is 0 Å². The molecule has 0 unspecified atom stereocenters. The fraction of sp³-hybridized carbons (Fsp3) is 0.0769. The molecular weight excluding hydrogens is 230 g/mol. The van der Waals surface area contributed by atoms with Gasteiger partial charge in [-0.05, 0) is 12.1 Å². The van der Waals surface area contributed by atoms with Crippen LogP contribution < -0.4 is 5.01 Å². The average Bonchev–Trinajstić information content (AvgIpc) is 2.39. The van der Waals surface area contributed by atoms with Crippen molar-refractivity contribution in [3.63, 3.8) is 0 Å². The van der Waals surface area contributed by atoms with Crippen LogP contribution in [0.4, 0.5) is 11.4 Å². The molecule has 2 rings (SSSR count). The Morgan fingerprint density at radius 3 is 2.78 bits per heavy atom. The number of hydrazone groups is 1. The van der Waals surface area contributed by atoms with Gasteiger partial charge >= 0.3 is 0 Å². The minimum atomic E-state index is -0.426. The summed E-state index contributed by atoms with van der Waals surface area (Å²) in [6, 6.07) is 6.23. The number of nitro groups is 1. The molecule has 1 heterocycles. The predicted octanol–water partition coefficient (Wildman–Crippen LogP) is 3.02. The minimum Gasteiger partial charge on any atom is -0.258 e.